The first-order valence-electron chi connectivity index (χ1n) is 5.93. The van der Waals surface area contributed by atoms with Crippen LogP contribution in [-0.2, 0) is 6.42 Å². The van der Waals surface area contributed by atoms with Gasteiger partial charge in [0, 0.05) is 25.6 Å². The molecule has 0 saturated carbocycles. The third-order valence-electron chi connectivity index (χ3n) is 2.90. The fraction of sp³-hybridized carbons (Fsp3) is 0.636. The Kier molecular flexibility index (Phi) is 3.56. The van der Waals surface area contributed by atoms with Gasteiger partial charge < -0.3 is 10.3 Å². The van der Waals surface area contributed by atoms with Gasteiger partial charge in [-0.1, -0.05) is 6.92 Å². The van der Waals surface area contributed by atoms with Crippen molar-refractivity contribution in [2.75, 3.05) is 23.4 Å². The van der Waals surface area contributed by atoms with Crippen LogP contribution in [0.3, 0.4) is 0 Å². The zero-order valence-corrected chi connectivity index (χ0v) is 9.74. The van der Waals surface area contributed by atoms with Gasteiger partial charge >= 0.3 is 0 Å². The minimum Gasteiger partial charge on any atom is -0.356 e. The molecule has 5 nitrogen and oxygen atoms in total. The first kappa shape index (κ1) is 11.1. The van der Waals surface area contributed by atoms with Crippen LogP contribution in [0.25, 0.3) is 0 Å². The summed E-state index contributed by atoms with van der Waals surface area (Å²) >= 11 is 0. The molecule has 1 fully saturated rings. The molecule has 0 radical (unpaired) electrons. The summed E-state index contributed by atoms with van der Waals surface area (Å²) in [4.78, 5) is 11.1. The SMILES string of the molecule is CCc1nc(NN)cc(N2CCCCC2)n1. The van der Waals surface area contributed by atoms with Gasteiger partial charge in [0.15, 0.2) is 0 Å². The zero-order chi connectivity index (χ0) is 11.4. The van der Waals surface area contributed by atoms with Crippen molar-refractivity contribution < 1.29 is 0 Å². The molecule has 1 aromatic rings. The minimum atomic E-state index is 0.701. The number of nitrogens with two attached hydrogens (primary N) is 1. The van der Waals surface area contributed by atoms with Gasteiger partial charge in [-0.05, 0) is 19.3 Å². The van der Waals surface area contributed by atoms with Crippen molar-refractivity contribution >= 4 is 11.6 Å². The lowest BCUT2D eigenvalue weighted by atomic mass is 10.1. The Morgan fingerprint density at radius 1 is 1.31 bits per heavy atom. The lowest BCUT2D eigenvalue weighted by Gasteiger charge is -2.28. The van der Waals surface area contributed by atoms with Crippen molar-refractivity contribution in [1.29, 1.82) is 0 Å². The standard InChI is InChI=1S/C11H19N5/c1-2-9-13-10(15-12)8-11(14-9)16-6-4-3-5-7-16/h8H,2-7,12H2,1H3,(H,13,14,15). The van der Waals surface area contributed by atoms with Crippen LogP contribution in [0.2, 0.25) is 0 Å². The Morgan fingerprint density at radius 2 is 2.06 bits per heavy atom. The second kappa shape index (κ2) is 5.12. The van der Waals surface area contributed by atoms with E-state index in [0.29, 0.717) is 5.82 Å². The van der Waals surface area contributed by atoms with E-state index in [-0.39, 0.29) is 0 Å². The third-order valence-corrected chi connectivity index (χ3v) is 2.90. The number of nitrogens with one attached hydrogen (secondary N) is 1. The quantitative estimate of drug-likeness (QED) is 0.595. The monoisotopic (exact) mass is 221 g/mol. The predicted molar refractivity (Wildman–Crippen MR) is 65.3 cm³/mol. The third kappa shape index (κ3) is 2.41. The van der Waals surface area contributed by atoms with Crippen molar-refractivity contribution in [3.8, 4) is 0 Å². The molecule has 2 heterocycles. The number of aromatic nitrogens is 2. The number of hydrazine groups is 1. The summed E-state index contributed by atoms with van der Waals surface area (Å²) in [7, 11) is 0. The summed E-state index contributed by atoms with van der Waals surface area (Å²) < 4.78 is 0. The molecule has 1 aromatic heterocycles. The van der Waals surface area contributed by atoms with Gasteiger partial charge in [0.25, 0.3) is 0 Å². The molecule has 0 aliphatic carbocycles. The normalized spacial score (nSPS) is 16.2. The Morgan fingerprint density at radius 3 is 2.69 bits per heavy atom. The van der Waals surface area contributed by atoms with Gasteiger partial charge in [0.1, 0.15) is 17.5 Å². The highest BCUT2D eigenvalue weighted by molar-refractivity contribution is 5.49. The van der Waals surface area contributed by atoms with E-state index in [0.717, 1.165) is 31.2 Å². The van der Waals surface area contributed by atoms with Gasteiger partial charge in [0.2, 0.25) is 0 Å². The number of rotatable bonds is 3. The highest BCUT2D eigenvalue weighted by atomic mass is 15.3. The van der Waals surface area contributed by atoms with Crippen LogP contribution in [0.5, 0.6) is 0 Å². The van der Waals surface area contributed by atoms with Crippen molar-refractivity contribution in [3.63, 3.8) is 0 Å². The van der Waals surface area contributed by atoms with Crippen molar-refractivity contribution in [2.24, 2.45) is 5.84 Å². The molecule has 0 bridgehead atoms. The second-order valence-corrected chi connectivity index (χ2v) is 4.07. The summed E-state index contributed by atoms with van der Waals surface area (Å²) in [5, 5.41) is 0. The van der Waals surface area contributed by atoms with E-state index in [1.165, 1.54) is 19.3 Å². The van der Waals surface area contributed by atoms with E-state index >= 15 is 0 Å². The fourth-order valence-electron chi connectivity index (χ4n) is 2.00. The number of aryl methyl sites for hydroxylation is 1. The molecule has 2 rings (SSSR count). The number of nitrogens with zero attached hydrogens (tertiary/aromatic N) is 3. The molecule has 0 unspecified atom stereocenters. The molecule has 1 aliphatic rings. The van der Waals surface area contributed by atoms with E-state index in [9.17, 15) is 0 Å². The molecule has 16 heavy (non-hydrogen) atoms. The summed E-state index contributed by atoms with van der Waals surface area (Å²) in [6.45, 7) is 4.23. The van der Waals surface area contributed by atoms with Gasteiger partial charge in [-0.15, -0.1) is 0 Å². The molecule has 0 spiro atoms. The van der Waals surface area contributed by atoms with Crippen LogP contribution in [0, 0.1) is 0 Å². The lowest BCUT2D eigenvalue weighted by molar-refractivity contribution is 0.572. The molecule has 1 aliphatic heterocycles. The second-order valence-electron chi connectivity index (χ2n) is 4.07. The molecular weight excluding hydrogens is 202 g/mol. The molecule has 0 atom stereocenters. The molecule has 0 amide bonds. The Labute approximate surface area is 96.0 Å². The minimum absolute atomic E-state index is 0.701. The average molecular weight is 221 g/mol. The van der Waals surface area contributed by atoms with Gasteiger partial charge in [-0.2, -0.15) is 0 Å². The van der Waals surface area contributed by atoms with E-state index in [2.05, 4.69) is 27.2 Å². The van der Waals surface area contributed by atoms with Crippen LogP contribution < -0.4 is 16.2 Å². The number of hydrogen-bond donors (Lipinski definition) is 2. The maximum Gasteiger partial charge on any atom is 0.145 e. The van der Waals surface area contributed by atoms with E-state index in [1.54, 1.807) is 0 Å². The number of anilines is 2. The van der Waals surface area contributed by atoms with Crippen LogP contribution >= 0.6 is 0 Å². The maximum absolute atomic E-state index is 5.41. The smallest absolute Gasteiger partial charge is 0.145 e. The van der Waals surface area contributed by atoms with E-state index in [4.69, 9.17) is 5.84 Å². The van der Waals surface area contributed by atoms with Crippen LogP contribution in [0.1, 0.15) is 32.0 Å². The van der Waals surface area contributed by atoms with Gasteiger partial charge in [-0.25, -0.2) is 15.8 Å². The lowest BCUT2D eigenvalue weighted by Crippen LogP contribution is -2.30. The largest absolute Gasteiger partial charge is 0.356 e. The topological polar surface area (TPSA) is 67.1 Å². The van der Waals surface area contributed by atoms with Crippen LogP contribution in [-0.4, -0.2) is 23.1 Å². The highest BCUT2D eigenvalue weighted by Crippen LogP contribution is 2.20. The highest BCUT2D eigenvalue weighted by Gasteiger charge is 2.13. The Bertz CT molecular complexity index is 324. The molecule has 3 N–H and O–H groups in total. The van der Waals surface area contributed by atoms with Crippen molar-refractivity contribution in [1.82, 2.24) is 9.97 Å². The Balaban J connectivity index is 2.24. The van der Waals surface area contributed by atoms with Crippen molar-refractivity contribution in [2.45, 2.75) is 32.6 Å². The molecule has 1 saturated heterocycles. The summed E-state index contributed by atoms with van der Waals surface area (Å²) in [5.41, 5.74) is 2.60. The summed E-state index contributed by atoms with van der Waals surface area (Å²) in [5.74, 6) is 7.96. The van der Waals surface area contributed by atoms with E-state index in [1.807, 2.05) is 6.07 Å². The molecular formula is C11H19N5. The number of nitrogen functional groups attached to an aromatic ring is 1. The van der Waals surface area contributed by atoms with Gasteiger partial charge in [0.05, 0.1) is 0 Å². The fourth-order valence-corrected chi connectivity index (χ4v) is 2.00. The van der Waals surface area contributed by atoms with Crippen LogP contribution in [0.4, 0.5) is 11.6 Å². The first-order valence-corrected chi connectivity index (χ1v) is 5.93. The van der Waals surface area contributed by atoms with Gasteiger partial charge in [-0.3, -0.25) is 0 Å². The van der Waals surface area contributed by atoms with E-state index < -0.39 is 0 Å². The summed E-state index contributed by atoms with van der Waals surface area (Å²) in [6.07, 6.45) is 4.65. The maximum atomic E-state index is 5.41. The van der Waals surface area contributed by atoms with Crippen molar-refractivity contribution in [3.05, 3.63) is 11.9 Å². The molecule has 88 valence electrons. The average Bonchev–Trinajstić information content (AvgIpc) is 2.39. The predicted octanol–water partition coefficient (Wildman–Crippen LogP) is 1.31. The molecule has 5 heteroatoms. The Hall–Kier alpha value is -1.36. The first-order chi connectivity index (χ1) is 7.83. The zero-order valence-electron chi connectivity index (χ0n) is 9.74. The number of piperidine rings is 1. The summed E-state index contributed by atoms with van der Waals surface area (Å²) in [6, 6.07) is 1.92. The number of hydrogen-bond acceptors (Lipinski definition) is 5. The molecule has 0 aromatic carbocycles. The van der Waals surface area contributed by atoms with Crippen LogP contribution in [0.15, 0.2) is 6.07 Å².